The molecule has 0 amide bonds. The van der Waals surface area contributed by atoms with Gasteiger partial charge in [-0.05, 0) is 19.8 Å². The lowest BCUT2D eigenvalue weighted by atomic mass is 9.95. The quantitative estimate of drug-likeness (QED) is 0.761. The van der Waals surface area contributed by atoms with Gasteiger partial charge in [0.25, 0.3) is 0 Å². The van der Waals surface area contributed by atoms with E-state index in [0.29, 0.717) is 25.3 Å². The Labute approximate surface area is 102 Å². The van der Waals surface area contributed by atoms with Gasteiger partial charge in [0.15, 0.2) is 5.82 Å². The third-order valence-electron chi connectivity index (χ3n) is 3.29. The Morgan fingerprint density at radius 2 is 2.18 bits per heavy atom. The van der Waals surface area contributed by atoms with Gasteiger partial charge in [-0.3, -0.25) is 0 Å². The molecule has 0 radical (unpaired) electrons. The van der Waals surface area contributed by atoms with Gasteiger partial charge in [-0.15, -0.1) is 0 Å². The van der Waals surface area contributed by atoms with Crippen molar-refractivity contribution in [3.05, 3.63) is 11.7 Å². The van der Waals surface area contributed by atoms with E-state index in [2.05, 4.69) is 10.1 Å². The second-order valence-corrected chi connectivity index (χ2v) is 4.80. The van der Waals surface area contributed by atoms with E-state index in [9.17, 15) is 0 Å². The van der Waals surface area contributed by atoms with Crippen LogP contribution in [-0.2, 0) is 17.6 Å². The molecule has 0 bridgehead atoms. The number of nitrogens with two attached hydrogens (primary N) is 1. The summed E-state index contributed by atoms with van der Waals surface area (Å²) in [6.07, 6.45) is 5.94. The van der Waals surface area contributed by atoms with Crippen LogP contribution in [0.2, 0.25) is 0 Å². The van der Waals surface area contributed by atoms with E-state index >= 15 is 0 Å². The molecule has 0 aliphatic heterocycles. The maximum Gasteiger partial charge on any atom is 0.228 e. The molecule has 1 saturated carbocycles. The standard InChI is InChI=1S/C12H21N3O2/c1-2-16-8-5-10-14-11(17-15-10)9-12(13)6-3-4-7-12/h2-9,13H2,1H3. The number of hydrogen-bond acceptors (Lipinski definition) is 5. The number of ether oxygens (including phenoxy) is 1. The molecule has 0 atom stereocenters. The maximum atomic E-state index is 6.27. The molecular weight excluding hydrogens is 218 g/mol. The van der Waals surface area contributed by atoms with Crippen LogP contribution in [-0.4, -0.2) is 28.9 Å². The summed E-state index contributed by atoms with van der Waals surface area (Å²) >= 11 is 0. The van der Waals surface area contributed by atoms with Crippen LogP contribution in [0.15, 0.2) is 4.52 Å². The molecule has 0 spiro atoms. The predicted molar refractivity (Wildman–Crippen MR) is 63.6 cm³/mol. The van der Waals surface area contributed by atoms with Crippen LogP contribution < -0.4 is 5.73 Å². The molecule has 0 unspecified atom stereocenters. The summed E-state index contributed by atoms with van der Waals surface area (Å²) in [7, 11) is 0. The van der Waals surface area contributed by atoms with Crippen LogP contribution >= 0.6 is 0 Å². The van der Waals surface area contributed by atoms with E-state index in [1.165, 1.54) is 12.8 Å². The van der Waals surface area contributed by atoms with E-state index in [4.69, 9.17) is 15.0 Å². The average molecular weight is 239 g/mol. The second-order valence-electron chi connectivity index (χ2n) is 4.80. The van der Waals surface area contributed by atoms with Crippen molar-refractivity contribution >= 4 is 0 Å². The van der Waals surface area contributed by atoms with Crippen molar-refractivity contribution in [1.29, 1.82) is 0 Å². The number of rotatable bonds is 6. The Bertz CT molecular complexity index is 345. The Hall–Kier alpha value is -0.940. The lowest BCUT2D eigenvalue weighted by molar-refractivity contribution is 0.149. The van der Waals surface area contributed by atoms with Crippen molar-refractivity contribution in [2.75, 3.05) is 13.2 Å². The maximum absolute atomic E-state index is 6.27. The highest BCUT2D eigenvalue weighted by Gasteiger charge is 2.31. The minimum Gasteiger partial charge on any atom is -0.381 e. The van der Waals surface area contributed by atoms with Crippen LogP contribution in [0.1, 0.15) is 44.3 Å². The van der Waals surface area contributed by atoms with Crippen LogP contribution in [0, 0.1) is 0 Å². The largest absolute Gasteiger partial charge is 0.381 e. The zero-order valence-corrected chi connectivity index (χ0v) is 10.4. The summed E-state index contributed by atoms with van der Waals surface area (Å²) in [5, 5.41) is 3.94. The first-order valence-electron chi connectivity index (χ1n) is 6.40. The Balaban J connectivity index is 1.85. The normalized spacial score (nSPS) is 18.7. The molecule has 2 N–H and O–H groups in total. The minimum atomic E-state index is -0.121. The molecule has 1 aromatic heterocycles. The monoisotopic (exact) mass is 239 g/mol. The summed E-state index contributed by atoms with van der Waals surface area (Å²) in [6, 6.07) is 0. The summed E-state index contributed by atoms with van der Waals surface area (Å²) in [5.41, 5.74) is 6.15. The van der Waals surface area contributed by atoms with Crippen molar-refractivity contribution in [2.45, 2.75) is 51.0 Å². The fourth-order valence-corrected chi connectivity index (χ4v) is 2.33. The van der Waals surface area contributed by atoms with Gasteiger partial charge in [-0.2, -0.15) is 4.98 Å². The molecule has 2 rings (SSSR count). The van der Waals surface area contributed by atoms with Gasteiger partial charge in [0.05, 0.1) is 6.61 Å². The van der Waals surface area contributed by atoms with Crippen molar-refractivity contribution in [2.24, 2.45) is 5.73 Å². The Kier molecular flexibility index (Phi) is 4.12. The van der Waals surface area contributed by atoms with Crippen LogP contribution in [0.3, 0.4) is 0 Å². The van der Waals surface area contributed by atoms with Crippen LogP contribution in [0.4, 0.5) is 0 Å². The molecule has 1 heterocycles. The second kappa shape index (κ2) is 5.60. The topological polar surface area (TPSA) is 74.2 Å². The van der Waals surface area contributed by atoms with Crippen molar-refractivity contribution in [1.82, 2.24) is 10.1 Å². The molecule has 5 heteroatoms. The Morgan fingerprint density at radius 1 is 1.41 bits per heavy atom. The van der Waals surface area contributed by atoms with Gasteiger partial charge in [-0.25, -0.2) is 0 Å². The average Bonchev–Trinajstić information content (AvgIpc) is 2.89. The molecule has 0 aromatic carbocycles. The minimum absolute atomic E-state index is 0.121. The number of hydrogen-bond donors (Lipinski definition) is 1. The lowest BCUT2D eigenvalue weighted by Crippen LogP contribution is -2.38. The predicted octanol–water partition coefficient (Wildman–Crippen LogP) is 1.46. The van der Waals surface area contributed by atoms with E-state index < -0.39 is 0 Å². The first-order valence-corrected chi connectivity index (χ1v) is 6.40. The summed E-state index contributed by atoms with van der Waals surface area (Å²) < 4.78 is 10.5. The number of aromatic nitrogens is 2. The third kappa shape index (κ3) is 3.51. The van der Waals surface area contributed by atoms with Gasteiger partial charge in [0, 0.05) is 25.0 Å². The zero-order valence-electron chi connectivity index (χ0n) is 10.4. The molecule has 1 aliphatic carbocycles. The zero-order chi connectivity index (χ0) is 12.1. The summed E-state index contributed by atoms with van der Waals surface area (Å²) in [4.78, 5) is 4.35. The molecule has 5 nitrogen and oxygen atoms in total. The van der Waals surface area contributed by atoms with Crippen LogP contribution in [0.25, 0.3) is 0 Å². The lowest BCUT2D eigenvalue weighted by Gasteiger charge is -2.20. The Morgan fingerprint density at radius 3 is 2.88 bits per heavy atom. The van der Waals surface area contributed by atoms with Crippen LogP contribution in [0.5, 0.6) is 0 Å². The smallest absolute Gasteiger partial charge is 0.228 e. The third-order valence-corrected chi connectivity index (χ3v) is 3.29. The van der Waals surface area contributed by atoms with E-state index in [1.807, 2.05) is 6.92 Å². The SMILES string of the molecule is CCOCCc1noc(CC2(N)CCCC2)n1. The summed E-state index contributed by atoms with van der Waals surface area (Å²) in [6.45, 7) is 3.33. The molecule has 96 valence electrons. The fourth-order valence-electron chi connectivity index (χ4n) is 2.33. The van der Waals surface area contributed by atoms with Gasteiger partial charge in [0.1, 0.15) is 0 Å². The molecule has 1 aliphatic rings. The first kappa shape index (κ1) is 12.5. The van der Waals surface area contributed by atoms with Gasteiger partial charge < -0.3 is 15.0 Å². The highest BCUT2D eigenvalue weighted by atomic mass is 16.5. The summed E-state index contributed by atoms with van der Waals surface area (Å²) in [5.74, 6) is 1.39. The van der Waals surface area contributed by atoms with E-state index in [0.717, 1.165) is 25.3 Å². The van der Waals surface area contributed by atoms with Gasteiger partial charge >= 0.3 is 0 Å². The molecule has 1 aromatic rings. The molecule has 1 fully saturated rings. The molecular formula is C12H21N3O2. The van der Waals surface area contributed by atoms with Crippen molar-refractivity contribution in [3.8, 4) is 0 Å². The van der Waals surface area contributed by atoms with Gasteiger partial charge in [-0.1, -0.05) is 18.0 Å². The van der Waals surface area contributed by atoms with Gasteiger partial charge in [0.2, 0.25) is 5.89 Å². The molecule has 17 heavy (non-hydrogen) atoms. The van der Waals surface area contributed by atoms with Crippen molar-refractivity contribution < 1.29 is 9.26 Å². The fraction of sp³-hybridized carbons (Fsp3) is 0.833. The highest BCUT2D eigenvalue weighted by molar-refractivity contribution is 4.98. The first-order chi connectivity index (χ1) is 8.22. The highest BCUT2D eigenvalue weighted by Crippen LogP contribution is 2.29. The van der Waals surface area contributed by atoms with E-state index in [1.54, 1.807) is 0 Å². The van der Waals surface area contributed by atoms with Crippen molar-refractivity contribution in [3.63, 3.8) is 0 Å². The molecule has 0 saturated heterocycles. The van der Waals surface area contributed by atoms with E-state index in [-0.39, 0.29) is 5.54 Å². The number of nitrogens with zero attached hydrogens (tertiary/aromatic N) is 2.